The van der Waals surface area contributed by atoms with E-state index < -0.39 is 16.3 Å². The highest BCUT2D eigenvalue weighted by atomic mass is 19.1. The summed E-state index contributed by atoms with van der Waals surface area (Å²) in [5, 5.41) is 15.3. The first kappa shape index (κ1) is 20.7. The summed E-state index contributed by atoms with van der Waals surface area (Å²) < 4.78 is 26.9. The first-order valence-corrected chi connectivity index (χ1v) is 9.18. The van der Waals surface area contributed by atoms with E-state index in [9.17, 15) is 19.3 Å². The number of hydrogen-bond donors (Lipinski definition) is 0. The predicted molar refractivity (Wildman–Crippen MR) is 102 cm³/mol. The van der Waals surface area contributed by atoms with Crippen LogP contribution in [0.15, 0.2) is 18.2 Å². The minimum absolute atomic E-state index is 0.186. The third-order valence-corrected chi connectivity index (χ3v) is 4.54. The quantitative estimate of drug-likeness (QED) is 0.571. The van der Waals surface area contributed by atoms with Crippen molar-refractivity contribution >= 4 is 11.6 Å². The number of carbonyl (C=O) groups is 1. The standard InChI is InChI=1S/C19H23FN4O5/c1-12-16(17(25)22-7-9-28-10-8-22)21-23(19(2,3)4)18(12)29-15-6-5-13(24(26)27)11-14(15)20/h5-6,11H,7-10H2,1-4H3. The van der Waals surface area contributed by atoms with E-state index in [4.69, 9.17) is 9.47 Å². The van der Waals surface area contributed by atoms with Crippen LogP contribution in [0.1, 0.15) is 36.8 Å². The summed E-state index contributed by atoms with van der Waals surface area (Å²) in [4.78, 5) is 24.7. The van der Waals surface area contributed by atoms with Gasteiger partial charge in [0.15, 0.2) is 17.3 Å². The Morgan fingerprint density at radius 3 is 2.52 bits per heavy atom. The Labute approximate surface area is 167 Å². The molecule has 1 aromatic heterocycles. The van der Waals surface area contributed by atoms with E-state index in [1.54, 1.807) is 11.8 Å². The number of non-ortho nitro benzene ring substituents is 1. The Kier molecular flexibility index (Phi) is 5.56. The number of morpholine rings is 1. The normalized spacial score (nSPS) is 14.7. The molecule has 156 valence electrons. The fourth-order valence-corrected chi connectivity index (χ4v) is 2.96. The molecule has 1 fully saturated rings. The Bertz CT molecular complexity index is 945. The van der Waals surface area contributed by atoms with Crippen LogP contribution in [0.4, 0.5) is 10.1 Å². The van der Waals surface area contributed by atoms with Gasteiger partial charge in [-0.05, 0) is 33.8 Å². The summed E-state index contributed by atoms with van der Waals surface area (Å²) >= 11 is 0. The van der Waals surface area contributed by atoms with Crippen molar-refractivity contribution in [3.8, 4) is 11.6 Å². The number of aromatic nitrogens is 2. The maximum absolute atomic E-state index is 14.4. The molecule has 0 saturated carbocycles. The average molecular weight is 406 g/mol. The molecule has 1 amide bonds. The molecule has 1 aromatic carbocycles. The number of amides is 1. The maximum Gasteiger partial charge on any atom is 0.274 e. The third-order valence-electron chi connectivity index (χ3n) is 4.54. The van der Waals surface area contributed by atoms with Crippen LogP contribution in [0.25, 0.3) is 0 Å². The van der Waals surface area contributed by atoms with E-state index >= 15 is 0 Å². The number of nitro benzene ring substituents is 1. The molecule has 0 unspecified atom stereocenters. The molecular weight excluding hydrogens is 383 g/mol. The molecule has 2 aromatic rings. The Morgan fingerprint density at radius 1 is 1.31 bits per heavy atom. The van der Waals surface area contributed by atoms with Crippen LogP contribution in [0, 0.1) is 22.9 Å². The van der Waals surface area contributed by atoms with E-state index in [1.807, 2.05) is 20.8 Å². The van der Waals surface area contributed by atoms with Gasteiger partial charge in [-0.3, -0.25) is 14.9 Å². The summed E-state index contributed by atoms with van der Waals surface area (Å²) in [5.74, 6) is -1.10. The van der Waals surface area contributed by atoms with Crippen LogP contribution in [-0.4, -0.2) is 51.8 Å². The first-order valence-electron chi connectivity index (χ1n) is 9.18. The van der Waals surface area contributed by atoms with Gasteiger partial charge in [-0.15, -0.1) is 0 Å². The largest absolute Gasteiger partial charge is 0.436 e. The molecule has 9 nitrogen and oxygen atoms in total. The van der Waals surface area contributed by atoms with Gasteiger partial charge >= 0.3 is 0 Å². The molecule has 1 aliphatic heterocycles. The van der Waals surface area contributed by atoms with Crippen molar-refractivity contribution in [1.29, 1.82) is 0 Å². The molecule has 1 saturated heterocycles. The van der Waals surface area contributed by atoms with Crippen LogP contribution in [0.3, 0.4) is 0 Å². The summed E-state index contributed by atoms with van der Waals surface area (Å²) in [6.07, 6.45) is 0. The Morgan fingerprint density at radius 2 is 1.97 bits per heavy atom. The van der Waals surface area contributed by atoms with Gasteiger partial charge in [0.05, 0.1) is 29.7 Å². The number of ether oxygens (including phenoxy) is 2. The van der Waals surface area contributed by atoms with Gasteiger partial charge in [-0.1, -0.05) is 0 Å². The number of carbonyl (C=O) groups excluding carboxylic acids is 1. The minimum atomic E-state index is -0.874. The van der Waals surface area contributed by atoms with Crippen molar-refractivity contribution in [2.45, 2.75) is 33.2 Å². The zero-order chi connectivity index (χ0) is 21.3. The molecule has 3 rings (SSSR count). The second-order valence-corrected chi connectivity index (χ2v) is 7.74. The molecule has 1 aliphatic rings. The molecule has 2 heterocycles. The second kappa shape index (κ2) is 7.78. The topological polar surface area (TPSA) is 99.7 Å². The SMILES string of the molecule is Cc1c(C(=O)N2CCOCC2)nn(C(C)(C)C)c1Oc1ccc([N+](=O)[O-])cc1F. The van der Waals surface area contributed by atoms with Gasteiger partial charge in [0.25, 0.3) is 11.6 Å². The molecule has 0 N–H and O–H groups in total. The lowest BCUT2D eigenvalue weighted by molar-refractivity contribution is -0.385. The van der Waals surface area contributed by atoms with Crippen LogP contribution in [0.5, 0.6) is 11.6 Å². The predicted octanol–water partition coefficient (Wildman–Crippen LogP) is 3.26. The number of hydrogen-bond acceptors (Lipinski definition) is 6. The highest BCUT2D eigenvalue weighted by Crippen LogP contribution is 2.34. The number of halogens is 1. The van der Waals surface area contributed by atoms with Crippen molar-refractivity contribution in [1.82, 2.24) is 14.7 Å². The van der Waals surface area contributed by atoms with Crippen LogP contribution in [-0.2, 0) is 10.3 Å². The molecule has 10 heteroatoms. The van der Waals surface area contributed by atoms with Crippen molar-refractivity contribution in [3.05, 3.63) is 45.4 Å². The number of nitro groups is 1. The summed E-state index contributed by atoms with van der Waals surface area (Å²) in [6, 6.07) is 3.14. The van der Waals surface area contributed by atoms with E-state index in [0.717, 1.165) is 12.1 Å². The molecule has 0 radical (unpaired) electrons. The summed E-state index contributed by atoms with van der Waals surface area (Å²) in [6.45, 7) is 9.16. The molecule has 29 heavy (non-hydrogen) atoms. The van der Waals surface area contributed by atoms with Gasteiger partial charge in [0.2, 0.25) is 5.88 Å². The van der Waals surface area contributed by atoms with Crippen molar-refractivity contribution in [2.75, 3.05) is 26.3 Å². The molecule has 0 bridgehead atoms. The number of rotatable bonds is 4. The third kappa shape index (κ3) is 4.21. The monoisotopic (exact) mass is 406 g/mol. The average Bonchev–Trinajstić information content (AvgIpc) is 3.00. The van der Waals surface area contributed by atoms with Crippen molar-refractivity contribution < 1.29 is 23.6 Å². The zero-order valence-electron chi connectivity index (χ0n) is 16.8. The second-order valence-electron chi connectivity index (χ2n) is 7.74. The number of benzene rings is 1. The van der Waals surface area contributed by atoms with Crippen molar-refractivity contribution in [3.63, 3.8) is 0 Å². The molecule has 0 spiro atoms. The smallest absolute Gasteiger partial charge is 0.274 e. The molecular formula is C19H23FN4O5. The molecule has 0 atom stereocenters. The van der Waals surface area contributed by atoms with E-state index in [-0.39, 0.29) is 28.9 Å². The van der Waals surface area contributed by atoms with Gasteiger partial charge < -0.3 is 14.4 Å². The van der Waals surface area contributed by atoms with E-state index in [1.165, 1.54) is 10.7 Å². The summed E-state index contributed by atoms with van der Waals surface area (Å²) in [7, 11) is 0. The lowest BCUT2D eigenvalue weighted by Gasteiger charge is -2.26. The lowest BCUT2D eigenvalue weighted by Crippen LogP contribution is -2.41. The van der Waals surface area contributed by atoms with E-state index in [2.05, 4.69) is 5.10 Å². The first-order chi connectivity index (χ1) is 13.6. The zero-order valence-corrected chi connectivity index (χ0v) is 16.8. The highest BCUT2D eigenvalue weighted by molar-refractivity contribution is 5.94. The minimum Gasteiger partial charge on any atom is -0.436 e. The van der Waals surface area contributed by atoms with Crippen LogP contribution < -0.4 is 4.74 Å². The van der Waals surface area contributed by atoms with Crippen molar-refractivity contribution in [2.24, 2.45) is 0 Å². The highest BCUT2D eigenvalue weighted by Gasteiger charge is 2.31. The fraction of sp³-hybridized carbons (Fsp3) is 0.474. The Balaban J connectivity index is 2.00. The van der Waals surface area contributed by atoms with E-state index in [0.29, 0.717) is 31.9 Å². The lowest BCUT2D eigenvalue weighted by atomic mass is 10.1. The van der Waals surface area contributed by atoms with Gasteiger partial charge in [0.1, 0.15) is 0 Å². The van der Waals surface area contributed by atoms with Gasteiger partial charge in [0, 0.05) is 24.7 Å². The van der Waals surface area contributed by atoms with Crippen LogP contribution >= 0.6 is 0 Å². The number of nitrogens with zero attached hydrogens (tertiary/aromatic N) is 4. The summed E-state index contributed by atoms with van der Waals surface area (Å²) in [5.41, 5.74) is -0.242. The maximum atomic E-state index is 14.4. The molecule has 0 aliphatic carbocycles. The van der Waals surface area contributed by atoms with Gasteiger partial charge in [-0.2, -0.15) is 5.10 Å². The van der Waals surface area contributed by atoms with Gasteiger partial charge in [-0.25, -0.2) is 9.07 Å². The Hall–Kier alpha value is -3.01. The fourth-order valence-electron chi connectivity index (χ4n) is 2.96. The van der Waals surface area contributed by atoms with Crippen LogP contribution in [0.2, 0.25) is 0 Å².